The van der Waals surface area contributed by atoms with Crippen molar-refractivity contribution in [3.8, 4) is 0 Å². The molecule has 0 rings (SSSR count). The monoisotopic (exact) mass is 425 g/mol. The summed E-state index contributed by atoms with van der Waals surface area (Å²) in [6.07, 6.45) is 12.2. The van der Waals surface area contributed by atoms with Gasteiger partial charge in [0.05, 0.1) is 27.2 Å². The number of nitrogens with zero attached hydrogens (tertiary/aromatic N) is 1. The predicted molar refractivity (Wildman–Crippen MR) is 115 cm³/mol. The highest BCUT2D eigenvalue weighted by Crippen LogP contribution is 2.19. The Morgan fingerprint density at radius 1 is 0.593 bits per heavy atom. The molecule has 0 heterocycles. The maximum Gasteiger partial charge on any atom is 0.501 e. The maximum atomic E-state index is 5.97. The molecule has 166 valence electrons. The fraction of sp³-hybridized carbons (Fsp3) is 1.00. The van der Waals surface area contributed by atoms with Crippen molar-refractivity contribution < 1.29 is 30.2 Å². The second-order valence-corrected chi connectivity index (χ2v) is 10.7. The molecule has 0 aliphatic rings. The zero-order chi connectivity index (χ0) is 19.7. The molecule has 0 fully saturated rings. The third kappa shape index (κ3) is 15.9. The van der Waals surface area contributed by atoms with Gasteiger partial charge in [-0.3, -0.25) is 0 Å². The fourth-order valence-electron chi connectivity index (χ4n) is 3.51. The lowest BCUT2D eigenvalue weighted by Crippen LogP contribution is -3.00. The third-order valence-corrected chi connectivity index (χ3v) is 8.11. The van der Waals surface area contributed by atoms with E-state index in [2.05, 4.69) is 21.0 Å². The summed E-state index contributed by atoms with van der Waals surface area (Å²) in [5.74, 6) is 0. The average Bonchev–Trinajstić information content (AvgIpc) is 2.58. The van der Waals surface area contributed by atoms with Gasteiger partial charge in [-0.2, -0.15) is 0 Å². The highest BCUT2D eigenvalue weighted by molar-refractivity contribution is 6.60. The molecule has 0 saturated heterocycles. The smallest absolute Gasteiger partial charge is 0.501 e. The molecule has 0 saturated carbocycles. The highest BCUT2D eigenvalue weighted by atomic mass is 35.5. The molecule has 0 N–H and O–H groups in total. The van der Waals surface area contributed by atoms with Gasteiger partial charge in [0, 0.05) is 32.3 Å². The average molecular weight is 426 g/mol. The van der Waals surface area contributed by atoms with Crippen molar-refractivity contribution in [2.24, 2.45) is 0 Å². The lowest BCUT2D eigenvalue weighted by molar-refractivity contribution is -0.890. The Morgan fingerprint density at radius 3 is 1.44 bits per heavy atom. The van der Waals surface area contributed by atoms with E-state index in [0.29, 0.717) is 19.8 Å². The van der Waals surface area contributed by atoms with E-state index in [0.717, 1.165) is 16.9 Å². The number of rotatable bonds is 19. The Morgan fingerprint density at radius 2 is 1.00 bits per heavy atom. The molecule has 0 aromatic carbocycles. The molecule has 0 unspecified atom stereocenters. The number of hydrogen-bond donors (Lipinski definition) is 0. The van der Waals surface area contributed by atoms with Crippen LogP contribution in [0.2, 0.25) is 6.04 Å². The Bertz CT molecular complexity index is 303. The second kappa shape index (κ2) is 18.4. The fourth-order valence-corrected chi connectivity index (χ4v) is 6.10. The van der Waals surface area contributed by atoms with Crippen LogP contribution >= 0.6 is 0 Å². The summed E-state index contributed by atoms with van der Waals surface area (Å²) in [4.78, 5) is 0. The first-order valence-corrected chi connectivity index (χ1v) is 13.1. The van der Waals surface area contributed by atoms with Gasteiger partial charge in [0.15, 0.2) is 0 Å². The second-order valence-electron chi connectivity index (χ2n) is 7.94. The van der Waals surface area contributed by atoms with Gasteiger partial charge < -0.3 is 30.2 Å². The minimum atomic E-state index is -2.47. The zero-order valence-corrected chi connectivity index (χ0v) is 20.9. The van der Waals surface area contributed by atoms with Gasteiger partial charge in [0.25, 0.3) is 0 Å². The summed E-state index contributed by atoms with van der Waals surface area (Å²) in [6.45, 7) is 12.8. The quantitative estimate of drug-likeness (QED) is 0.181. The van der Waals surface area contributed by atoms with Crippen molar-refractivity contribution in [1.29, 1.82) is 0 Å². The standard InChI is InChI=1S/C21H48NO3Si.ClH/c1-7-11-12-13-14-15-16-17-19-22(5,6)20-18-21-26(23-8-2,24-9-3)25-10-4;/h7-21H2,1-6H3;1H/q+1;/p-1. The maximum absolute atomic E-state index is 5.97. The molecule has 27 heavy (non-hydrogen) atoms. The van der Waals surface area contributed by atoms with Crippen molar-refractivity contribution in [3.63, 3.8) is 0 Å². The van der Waals surface area contributed by atoms with Crippen molar-refractivity contribution in [2.75, 3.05) is 47.0 Å². The van der Waals surface area contributed by atoms with Gasteiger partial charge in [0.1, 0.15) is 0 Å². The van der Waals surface area contributed by atoms with Crippen molar-refractivity contribution in [2.45, 2.75) is 91.5 Å². The van der Waals surface area contributed by atoms with Crippen LogP contribution < -0.4 is 12.4 Å². The lowest BCUT2D eigenvalue weighted by Gasteiger charge is -2.32. The van der Waals surface area contributed by atoms with Crippen molar-refractivity contribution in [3.05, 3.63) is 0 Å². The molecular formula is C21H48ClNO3Si. The van der Waals surface area contributed by atoms with E-state index in [4.69, 9.17) is 13.3 Å². The molecule has 0 radical (unpaired) electrons. The van der Waals surface area contributed by atoms with Crippen LogP contribution in [0.5, 0.6) is 0 Å². The SMILES string of the molecule is CCCCCCCCCC[N+](C)(C)CCC[Si](OCC)(OCC)OCC.[Cl-]. The molecule has 0 aromatic heterocycles. The first kappa shape index (κ1) is 29.5. The van der Waals surface area contributed by atoms with Crippen LogP contribution in [0.4, 0.5) is 0 Å². The Balaban J connectivity index is 0. The van der Waals surface area contributed by atoms with Crippen molar-refractivity contribution in [1.82, 2.24) is 0 Å². The number of halogens is 1. The molecule has 0 amide bonds. The first-order valence-electron chi connectivity index (χ1n) is 11.2. The molecule has 0 aliphatic heterocycles. The Kier molecular flexibility index (Phi) is 20.1. The van der Waals surface area contributed by atoms with Gasteiger partial charge in [-0.05, 0) is 33.6 Å². The van der Waals surface area contributed by atoms with E-state index in [1.165, 1.54) is 64.5 Å². The minimum absolute atomic E-state index is 0. The highest BCUT2D eigenvalue weighted by Gasteiger charge is 2.40. The van der Waals surface area contributed by atoms with Crippen LogP contribution in [0.15, 0.2) is 0 Å². The van der Waals surface area contributed by atoms with Gasteiger partial charge >= 0.3 is 8.80 Å². The summed E-state index contributed by atoms with van der Waals surface area (Å²) < 4.78 is 19.0. The minimum Gasteiger partial charge on any atom is -1.00 e. The first-order chi connectivity index (χ1) is 12.4. The number of unbranched alkanes of at least 4 members (excludes halogenated alkanes) is 7. The summed E-state index contributed by atoms with van der Waals surface area (Å²) in [5.41, 5.74) is 0. The summed E-state index contributed by atoms with van der Waals surface area (Å²) in [7, 11) is 2.24. The molecular weight excluding hydrogens is 378 g/mol. The van der Waals surface area contributed by atoms with Crippen LogP contribution in [0.3, 0.4) is 0 Å². The molecule has 0 atom stereocenters. The molecule has 6 heteroatoms. The van der Waals surface area contributed by atoms with Crippen LogP contribution in [0, 0.1) is 0 Å². The van der Waals surface area contributed by atoms with Gasteiger partial charge in [0.2, 0.25) is 0 Å². The summed E-state index contributed by atoms with van der Waals surface area (Å²) >= 11 is 0. The van der Waals surface area contributed by atoms with E-state index in [1.807, 2.05) is 20.8 Å². The van der Waals surface area contributed by atoms with E-state index in [9.17, 15) is 0 Å². The number of quaternary nitrogens is 1. The molecule has 0 bridgehead atoms. The Hall–Kier alpha value is 0.347. The largest absolute Gasteiger partial charge is 1.00 e. The molecule has 4 nitrogen and oxygen atoms in total. The topological polar surface area (TPSA) is 27.7 Å². The van der Waals surface area contributed by atoms with E-state index in [-0.39, 0.29) is 12.4 Å². The lowest BCUT2D eigenvalue weighted by atomic mass is 10.1. The molecule has 0 aliphatic carbocycles. The van der Waals surface area contributed by atoms with E-state index >= 15 is 0 Å². The van der Waals surface area contributed by atoms with Gasteiger partial charge in [-0.1, -0.05) is 45.4 Å². The predicted octanol–water partition coefficient (Wildman–Crippen LogP) is 2.65. The van der Waals surface area contributed by atoms with Crippen LogP contribution in [0.25, 0.3) is 0 Å². The van der Waals surface area contributed by atoms with Crippen LogP contribution in [0.1, 0.15) is 85.5 Å². The van der Waals surface area contributed by atoms with Crippen LogP contribution in [-0.2, 0) is 13.3 Å². The van der Waals surface area contributed by atoms with E-state index in [1.54, 1.807) is 0 Å². The molecule has 0 aromatic rings. The number of hydrogen-bond acceptors (Lipinski definition) is 3. The van der Waals surface area contributed by atoms with Crippen LogP contribution in [-0.4, -0.2) is 60.3 Å². The normalized spacial score (nSPS) is 12.2. The van der Waals surface area contributed by atoms with E-state index < -0.39 is 8.80 Å². The summed E-state index contributed by atoms with van der Waals surface area (Å²) in [6, 6.07) is 0.932. The Labute approximate surface area is 177 Å². The third-order valence-electron chi connectivity index (χ3n) is 4.96. The molecule has 0 spiro atoms. The zero-order valence-electron chi connectivity index (χ0n) is 19.2. The van der Waals surface area contributed by atoms with Gasteiger partial charge in [-0.15, -0.1) is 0 Å². The van der Waals surface area contributed by atoms with Crippen molar-refractivity contribution >= 4 is 8.80 Å². The van der Waals surface area contributed by atoms with Gasteiger partial charge in [-0.25, -0.2) is 0 Å². The summed E-state index contributed by atoms with van der Waals surface area (Å²) in [5, 5.41) is 0.